The molecule has 0 saturated carbocycles. The first-order valence-electron chi connectivity index (χ1n) is 6.91. The molecule has 3 nitrogen and oxygen atoms in total. The number of carbonyl (C=O) groups is 1. The summed E-state index contributed by atoms with van der Waals surface area (Å²) < 4.78 is 1.07. The van der Waals surface area contributed by atoms with Crippen molar-refractivity contribution in [2.75, 3.05) is 0 Å². The van der Waals surface area contributed by atoms with E-state index in [-0.39, 0.29) is 0 Å². The van der Waals surface area contributed by atoms with Crippen molar-refractivity contribution in [3.05, 3.63) is 45.7 Å². The number of rotatable bonds is 7. The normalized spacial score (nSPS) is 12.3. The molecule has 0 amide bonds. The van der Waals surface area contributed by atoms with E-state index in [0.29, 0.717) is 13.0 Å². The Balaban J connectivity index is 2.04. The largest absolute Gasteiger partial charge is 0.480 e. The molecule has 0 fully saturated rings. The third-order valence-corrected chi connectivity index (χ3v) is 5.01. The van der Waals surface area contributed by atoms with Crippen molar-refractivity contribution in [2.24, 2.45) is 0 Å². The molecular formula is C16H18BrNO2S. The average molecular weight is 368 g/mol. The molecule has 1 unspecified atom stereocenters. The molecule has 112 valence electrons. The summed E-state index contributed by atoms with van der Waals surface area (Å²) >= 11 is 5.24. The van der Waals surface area contributed by atoms with Gasteiger partial charge in [-0.2, -0.15) is 0 Å². The number of thiophene rings is 1. The zero-order valence-electron chi connectivity index (χ0n) is 11.8. The van der Waals surface area contributed by atoms with E-state index in [1.807, 2.05) is 25.1 Å². The van der Waals surface area contributed by atoms with Crippen LogP contribution >= 0.6 is 27.3 Å². The monoisotopic (exact) mass is 367 g/mol. The number of hydrogen-bond acceptors (Lipinski definition) is 3. The molecule has 0 aliphatic heterocycles. The Morgan fingerprint density at radius 2 is 2.10 bits per heavy atom. The molecule has 1 heterocycles. The average Bonchev–Trinajstić information content (AvgIpc) is 2.92. The predicted octanol–water partition coefficient (Wildman–Crippen LogP) is 4.52. The molecule has 1 atom stereocenters. The third-order valence-electron chi connectivity index (χ3n) is 3.20. The van der Waals surface area contributed by atoms with Gasteiger partial charge >= 0.3 is 5.97 Å². The first-order chi connectivity index (χ1) is 10.1. The molecule has 0 aliphatic carbocycles. The SMILES string of the molecule is CCCC(NCc1ccc(-c2ccccc2Br)s1)C(=O)O. The van der Waals surface area contributed by atoms with Gasteiger partial charge in [-0.15, -0.1) is 11.3 Å². The molecule has 0 radical (unpaired) electrons. The van der Waals surface area contributed by atoms with Crippen LogP contribution in [0.3, 0.4) is 0 Å². The number of carboxylic acid groups (broad SMARTS) is 1. The molecule has 1 aromatic carbocycles. The van der Waals surface area contributed by atoms with E-state index in [4.69, 9.17) is 5.11 Å². The van der Waals surface area contributed by atoms with Gasteiger partial charge in [-0.1, -0.05) is 47.5 Å². The highest BCUT2D eigenvalue weighted by molar-refractivity contribution is 9.10. The maximum atomic E-state index is 11.1. The van der Waals surface area contributed by atoms with Gasteiger partial charge in [0.1, 0.15) is 6.04 Å². The Morgan fingerprint density at radius 3 is 2.76 bits per heavy atom. The van der Waals surface area contributed by atoms with Gasteiger partial charge in [0.2, 0.25) is 0 Å². The highest BCUT2D eigenvalue weighted by atomic mass is 79.9. The highest BCUT2D eigenvalue weighted by Crippen LogP contribution is 2.33. The van der Waals surface area contributed by atoms with Gasteiger partial charge in [-0.05, 0) is 24.6 Å². The molecule has 1 aromatic heterocycles. The summed E-state index contributed by atoms with van der Waals surface area (Å²) in [6.45, 7) is 2.58. The molecule has 21 heavy (non-hydrogen) atoms. The van der Waals surface area contributed by atoms with Crippen molar-refractivity contribution < 1.29 is 9.90 Å². The molecule has 0 saturated heterocycles. The molecule has 2 aromatic rings. The number of nitrogens with one attached hydrogen (secondary N) is 1. The third kappa shape index (κ3) is 4.40. The second kappa shape index (κ2) is 7.73. The van der Waals surface area contributed by atoms with E-state index in [9.17, 15) is 4.79 Å². The Morgan fingerprint density at radius 1 is 1.33 bits per heavy atom. The molecule has 0 bridgehead atoms. The summed E-state index contributed by atoms with van der Waals surface area (Å²) in [7, 11) is 0. The molecule has 0 aliphatic rings. The van der Waals surface area contributed by atoms with E-state index < -0.39 is 12.0 Å². The molecule has 0 spiro atoms. The van der Waals surface area contributed by atoms with Crippen molar-refractivity contribution in [2.45, 2.75) is 32.4 Å². The Bertz CT molecular complexity index is 612. The van der Waals surface area contributed by atoms with Crippen LogP contribution in [0.15, 0.2) is 40.9 Å². The van der Waals surface area contributed by atoms with E-state index >= 15 is 0 Å². The van der Waals surface area contributed by atoms with Crippen molar-refractivity contribution in [3.63, 3.8) is 0 Å². The maximum Gasteiger partial charge on any atom is 0.320 e. The summed E-state index contributed by atoms with van der Waals surface area (Å²) in [5, 5.41) is 12.3. The Labute approximate surface area is 137 Å². The van der Waals surface area contributed by atoms with E-state index in [1.54, 1.807) is 11.3 Å². The van der Waals surface area contributed by atoms with Crippen LogP contribution in [0, 0.1) is 0 Å². The lowest BCUT2D eigenvalue weighted by Gasteiger charge is -2.12. The highest BCUT2D eigenvalue weighted by Gasteiger charge is 2.15. The summed E-state index contributed by atoms with van der Waals surface area (Å²) in [4.78, 5) is 13.4. The van der Waals surface area contributed by atoms with E-state index in [1.165, 1.54) is 4.88 Å². The lowest BCUT2D eigenvalue weighted by atomic mass is 10.1. The number of carboxylic acids is 1. The standard InChI is InChI=1S/C16H18BrNO2S/c1-2-5-14(16(19)20)18-10-11-8-9-15(21-11)12-6-3-4-7-13(12)17/h3-4,6-9,14,18H,2,5,10H2,1H3,(H,19,20). The van der Waals surface area contributed by atoms with Gasteiger partial charge in [-0.25, -0.2) is 0 Å². The topological polar surface area (TPSA) is 49.3 Å². The molecule has 5 heteroatoms. The minimum absolute atomic E-state index is 0.469. The Hall–Kier alpha value is -1.17. The van der Waals surface area contributed by atoms with Gasteiger partial charge in [0.15, 0.2) is 0 Å². The van der Waals surface area contributed by atoms with Gasteiger partial charge in [0.05, 0.1) is 0 Å². The number of benzene rings is 1. The first-order valence-corrected chi connectivity index (χ1v) is 8.52. The molecular weight excluding hydrogens is 350 g/mol. The van der Waals surface area contributed by atoms with Crippen LogP contribution in [-0.4, -0.2) is 17.1 Å². The molecule has 2 N–H and O–H groups in total. The number of aliphatic carboxylic acids is 1. The van der Waals surface area contributed by atoms with Crippen molar-refractivity contribution in [3.8, 4) is 10.4 Å². The van der Waals surface area contributed by atoms with Crippen molar-refractivity contribution in [1.29, 1.82) is 0 Å². The van der Waals surface area contributed by atoms with E-state index in [0.717, 1.165) is 21.3 Å². The first kappa shape index (κ1) is 16.2. The number of halogens is 1. The second-order valence-electron chi connectivity index (χ2n) is 4.81. The van der Waals surface area contributed by atoms with Crippen LogP contribution in [-0.2, 0) is 11.3 Å². The summed E-state index contributed by atoms with van der Waals surface area (Å²) in [5.74, 6) is -0.778. The molecule has 2 rings (SSSR count). The fourth-order valence-corrected chi connectivity index (χ4v) is 3.73. The maximum absolute atomic E-state index is 11.1. The summed E-state index contributed by atoms with van der Waals surface area (Å²) in [5.41, 5.74) is 1.16. The zero-order chi connectivity index (χ0) is 15.2. The van der Waals surface area contributed by atoms with Crippen LogP contribution in [0.1, 0.15) is 24.6 Å². The second-order valence-corrected chi connectivity index (χ2v) is 6.83. The predicted molar refractivity (Wildman–Crippen MR) is 90.6 cm³/mol. The van der Waals surface area contributed by atoms with Crippen LogP contribution in [0.25, 0.3) is 10.4 Å². The van der Waals surface area contributed by atoms with Gasteiger partial charge in [0, 0.05) is 26.3 Å². The van der Waals surface area contributed by atoms with Crippen LogP contribution in [0.4, 0.5) is 0 Å². The zero-order valence-corrected chi connectivity index (χ0v) is 14.2. The summed E-state index contributed by atoms with van der Waals surface area (Å²) in [6, 6.07) is 11.8. The summed E-state index contributed by atoms with van der Waals surface area (Å²) in [6.07, 6.45) is 1.51. The number of hydrogen-bond donors (Lipinski definition) is 2. The van der Waals surface area contributed by atoms with Crippen LogP contribution < -0.4 is 5.32 Å². The van der Waals surface area contributed by atoms with Gasteiger partial charge in [0.25, 0.3) is 0 Å². The van der Waals surface area contributed by atoms with Crippen LogP contribution in [0.5, 0.6) is 0 Å². The smallest absolute Gasteiger partial charge is 0.320 e. The lowest BCUT2D eigenvalue weighted by molar-refractivity contribution is -0.139. The fourth-order valence-electron chi connectivity index (χ4n) is 2.10. The van der Waals surface area contributed by atoms with Crippen LogP contribution in [0.2, 0.25) is 0 Å². The minimum atomic E-state index is -0.778. The van der Waals surface area contributed by atoms with Gasteiger partial charge < -0.3 is 5.11 Å². The quantitative estimate of drug-likeness (QED) is 0.756. The minimum Gasteiger partial charge on any atom is -0.480 e. The Kier molecular flexibility index (Phi) is 5.96. The van der Waals surface area contributed by atoms with Gasteiger partial charge in [-0.3, -0.25) is 10.1 Å². The van der Waals surface area contributed by atoms with E-state index in [2.05, 4.69) is 39.4 Å². The fraction of sp³-hybridized carbons (Fsp3) is 0.312. The van der Waals surface area contributed by atoms with Crippen molar-refractivity contribution >= 4 is 33.2 Å². The van der Waals surface area contributed by atoms with Crippen molar-refractivity contribution in [1.82, 2.24) is 5.32 Å². The lowest BCUT2D eigenvalue weighted by Crippen LogP contribution is -2.35.